The van der Waals surface area contributed by atoms with Gasteiger partial charge in [0.05, 0.1) is 0 Å². The van der Waals surface area contributed by atoms with Crippen molar-refractivity contribution in [3.63, 3.8) is 0 Å². The molecule has 0 spiro atoms. The highest BCUT2D eigenvalue weighted by Crippen LogP contribution is 2.36. The fourth-order valence-corrected chi connectivity index (χ4v) is 2.12. The van der Waals surface area contributed by atoms with Gasteiger partial charge in [0.15, 0.2) is 8.38 Å². The molecule has 1 N–H and O–H groups in total. The van der Waals surface area contributed by atoms with Crippen molar-refractivity contribution in [2.45, 2.75) is 20.8 Å². The highest BCUT2D eigenvalue weighted by Gasteiger charge is 2.04. The molecule has 0 aromatic heterocycles. The number of hydrogen-bond donors (Lipinski definition) is 1. The molecule has 1 aromatic rings. The topological polar surface area (TPSA) is 29.5 Å². The van der Waals surface area contributed by atoms with Gasteiger partial charge in [-0.3, -0.25) is 0 Å². The number of allylic oxidation sites excluding steroid dienone is 1. The van der Waals surface area contributed by atoms with Crippen LogP contribution < -0.4 is 0 Å². The molecule has 0 aliphatic heterocycles. The van der Waals surface area contributed by atoms with E-state index in [-0.39, 0.29) is 0 Å². The van der Waals surface area contributed by atoms with Crippen LogP contribution in [0.15, 0.2) is 24.0 Å². The second kappa shape index (κ2) is 5.41. The zero-order valence-corrected chi connectivity index (χ0v) is 10.5. The Bertz CT molecular complexity index is 372. The minimum Gasteiger partial charge on any atom is -0.347 e. The number of rotatable bonds is 3. The van der Waals surface area contributed by atoms with Gasteiger partial charge in [-0.15, -0.1) is 0 Å². The second-order valence-electron chi connectivity index (χ2n) is 3.62. The Hall–Kier alpha value is -0.690. The average molecular weight is 224 g/mol. The van der Waals surface area contributed by atoms with Gasteiger partial charge in [-0.1, -0.05) is 23.8 Å². The summed E-state index contributed by atoms with van der Waals surface area (Å²) >= 11 is 0. The number of hydrogen-bond acceptors (Lipinski definition) is 2. The summed E-state index contributed by atoms with van der Waals surface area (Å²) in [5.74, 6) is 1.77. The van der Waals surface area contributed by atoms with E-state index in [4.69, 9.17) is 4.52 Å². The third kappa shape index (κ3) is 3.42. The van der Waals surface area contributed by atoms with Crippen molar-refractivity contribution in [2.24, 2.45) is 0 Å². The quantitative estimate of drug-likeness (QED) is 0.794. The van der Waals surface area contributed by atoms with Crippen LogP contribution in [0.3, 0.4) is 0 Å². The molecule has 1 unspecified atom stereocenters. The zero-order valence-electron chi connectivity index (χ0n) is 9.61. The van der Waals surface area contributed by atoms with E-state index in [0.29, 0.717) is 0 Å². The summed E-state index contributed by atoms with van der Waals surface area (Å²) in [6.07, 6.45) is 0. The van der Waals surface area contributed by atoms with Gasteiger partial charge in [0.25, 0.3) is 0 Å². The van der Waals surface area contributed by atoms with E-state index in [9.17, 15) is 4.89 Å². The molecule has 1 atom stereocenters. The van der Waals surface area contributed by atoms with Crippen LogP contribution in [-0.2, 0) is 4.52 Å². The van der Waals surface area contributed by atoms with Gasteiger partial charge >= 0.3 is 0 Å². The van der Waals surface area contributed by atoms with Gasteiger partial charge in [0.2, 0.25) is 0 Å². The van der Waals surface area contributed by atoms with Crippen LogP contribution in [0.25, 0.3) is 5.57 Å². The first-order chi connectivity index (χ1) is 7.04. The molecule has 0 saturated carbocycles. The van der Waals surface area contributed by atoms with E-state index in [1.54, 1.807) is 5.82 Å². The fraction of sp³-hybridized carbons (Fsp3) is 0.333. The molecule has 0 fully saturated rings. The largest absolute Gasteiger partial charge is 0.347 e. The monoisotopic (exact) mass is 224 g/mol. The minimum absolute atomic E-state index is 1.06. The fourth-order valence-electron chi connectivity index (χ4n) is 1.54. The SMILES string of the molecule is COP(O)/C=C(\C)c1ccc(C)cc1C. The highest BCUT2D eigenvalue weighted by molar-refractivity contribution is 7.50. The van der Waals surface area contributed by atoms with Crippen molar-refractivity contribution in [1.82, 2.24) is 0 Å². The first-order valence-electron chi connectivity index (χ1n) is 4.83. The normalized spacial score (nSPS) is 14.1. The van der Waals surface area contributed by atoms with Gasteiger partial charge in [0, 0.05) is 7.11 Å². The lowest BCUT2D eigenvalue weighted by Crippen LogP contribution is -1.87. The van der Waals surface area contributed by atoms with Crippen molar-refractivity contribution in [3.8, 4) is 0 Å². The molecule has 1 rings (SSSR count). The molecule has 0 radical (unpaired) electrons. The zero-order chi connectivity index (χ0) is 11.4. The molecule has 3 heteroatoms. The Balaban J connectivity index is 3.01. The molecule has 0 aliphatic carbocycles. The van der Waals surface area contributed by atoms with Crippen LogP contribution in [0.2, 0.25) is 0 Å². The van der Waals surface area contributed by atoms with Gasteiger partial charge in [-0.05, 0) is 43.3 Å². The van der Waals surface area contributed by atoms with Gasteiger partial charge in [-0.25, -0.2) is 0 Å². The van der Waals surface area contributed by atoms with E-state index in [1.807, 2.05) is 6.92 Å². The summed E-state index contributed by atoms with van der Waals surface area (Å²) in [4.78, 5) is 9.40. The summed E-state index contributed by atoms with van der Waals surface area (Å²) in [5.41, 5.74) is 4.70. The molecule has 0 heterocycles. The summed E-state index contributed by atoms with van der Waals surface area (Å²) in [7, 11) is 0.0879. The summed E-state index contributed by atoms with van der Waals surface area (Å²) in [5, 5.41) is 0. The summed E-state index contributed by atoms with van der Waals surface area (Å²) in [6.45, 7) is 6.14. The third-order valence-corrected chi connectivity index (χ3v) is 3.28. The molecule has 0 saturated heterocycles. The minimum atomic E-state index is -1.42. The molecule has 0 aliphatic rings. The van der Waals surface area contributed by atoms with E-state index >= 15 is 0 Å². The molecular weight excluding hydrogens is 207 g/mol. The lowest BCUT2D eigenvalue weighted by molar-refractivity contribution is 0.400. The first kappa shape index (κ1) is 12.4. The molecule has 2 nitrogen and oxygen atoms in total. The molecule has 1 aromatic carbocycles. The van der Waals surface area contributed by atoms with Crippen LogP contribution >= 0.6 is 8.38 Å². The lowest BCUT2D eigenvalue weighted by Gasteiger charge is -2.09. The molecular formula is C12H17O2P. The van der Waals surface area contributed by atoms with Crippen molar-refractivity contribution >= 4 is 13.9 Å². The Morgan fingerprint density at radius 1 is 1.40 bits per heavy atom. The number of aryl methyl sites for hydroxylation is 2. The van der Waals surface area contributed by atoms with Crippen LogP contribution in [0.5, 0.6) is 0 Å². The summed E-state index contributed by atoms with van der Waals surface area (Å²) in [6, 6.07) is 6.29. The van der Waals surface area contributed by atoms with Gasteiger partial charge < -0.3 is 9.42 Å². The second-order valence-corrected chi connectivity index (χ2v) is 4.84. The van der Waals surface area contributed by atoms with E-state index in [2.05, 4.69) is 32.0 Å². The standard InChI is InChI=1S/C12H17O2P/c1-9-5-6-12(10(2)7-9)11(3)8-15(13)14-4/h5-8,13H,1-4H3/b11-8+. The maximum atomic E-state index is 9.40. The van der Waals surface area contributed by atoms with Crippen molar-refractivity contribution < 1.29 is 9.42 Å². The third-order valence-electron chi connectivity index (χ3n) is 2.30. The lowest BCUT2D eigenvalue weighted by atomic mass is 10.0. The molecule has 82 valence electrons. The Morgan fingerprint density at radius 3 is 2.60 bits per heavy atom. The molecule has 15 heavy (non-hydrogen) atoms. The predicted molar refractivity (Wildman–Crippen MR) is 65.7 cm³/mol. The number of benzene rings is 1. The summed E-state index contributed by atoms with van der Waals surface area (Å²) < 4.78 is 4.85. The first-order valence-corrected chi connectivity index (χ1v) is 6.11. The Morgan fingerprint density at radius 2 is 2.07 bits per heavy atom. The van der Waals surface area contributed by atoms with Crippen LogP contribution in [0.4, 0.5) is 0 Å². The van der Waals surface area contributed by atoms with Crippen molar-refractivity contribution in [3.05, 3.63) is 40.7 Å². The van der Waals surface area contributed by atoms with Crippen LogP contribution in [-0.4, -0.2) is 12.0 Å². The van der Waals surface area contributed by atoms with Crippen molar-refractivity contribution in [1.29, 1.82) is 0 Å². The smallest absolute Gasteiger partial charge is 0.194 e. The van der Waals surface area contributed by atoms with E-state index in [0.717, 1.165) is 5.57 Å². The maximum absolute atomic E-state index is 9.40. The van der Waals surface area contributed by atoms with E-state index < -0.39 is 8.38 Å². The molecule has 0 amide bonds. The maximum Gasteiger partial charge on any atom is 0.194 e. The highest BCUT2D eigenvalue weighted by atomic mass is 31.2. The predicted octanol–water partition coefficient (Wildman–Crippen LogP) is 3.61. The van der Waals surface area contributed by atoms with Crippen LogP contribution in [0, 0.1) is 13.8 Å². The molecule has 0 bridgehead atoms. The van der Waals surface area contributed by atoms with Gasteiger partial charge in [-0.2, -0.15) is 0 Å². The van der Waals surface area contributed by atoms with Crippen molar-refractivity contribution in [2.75, 3.05) is 7.11 Å². The van der Waals surface area contributed by atoms with Gasteiger partial charge in [0.1, 0.15) is 0 Å². The average Bonchev–Trinajstić information content (AvgIpc) is 2.17. The van der Waals surface area contributed by atoms with Crippen LogP contribution in [0.1, 0.15) is 23.6 Å². The van der Waals surface area contributed by atoms with E-state index in [1.165, 1.54) is 23.8 Å². The Labute approximate surface area is 92.5 Å². The Kier molecular flexibility index (Phi) is 4.46.